The van der Waals surface area contributed by atoms with Gasteiger partial charge in [0.1, 0.15) is 11.6 Å². The van der Waals surface area contributed by atoms with Crippen LogP contribution in [-0.2, 0) is 6.42 Å². The lowest BCUT2D eigenvalue weighted by molar-refractivity contribution is 0.748. The Labute approximate surface area is 92.7 Å². The highest BCUT2D eigenvalue weighted by atomic mass is 32.2. The molecule has 0 atom stereocenters. The van der Waals surface area contributed by atoms with Gasteiger partial charge in [0, 0.05) is 0 Å². The highest BCUT2D eigenvalue weighted by Crippen LogP contribution is 2.10. The second kappa shape index (κ2) is 5.56. The summed E-state index contributed by atoms with van der Waals surface area (Å²) in [6.45, 7) is 2.06. The number of aromatic amines is 1. The van der Waals surface area contributed by atoms with Gasteiger partial charge in [0.25, 0.3) is 5.56 Å². The average Bonchev–Trinajstić information content (AvgIpc) is 2.25. The molecule has 15 heavy (non-hydrogen) atoms. The molecule has 0 radical (unpaired) electrons. The maximum atomic E-state index is 11.5. The number of H-pyrrole nitrogens is 1. The summed E-state index contributed by atoms with van der Waals surface area (Å²) in [5, 5.41) is 9.42. The molecule has 0 unspecified atom stereocenters. The van der Waals surface area contributed by atoms with E-state index in [0.717, 1.165) is 12.8 Å². The van der Waals surface area contributed by atoms with Crippen molar-refractivity contribution in [3.63, 3.8) is 0 Å². The molecule has 1 aromatic heterocycles. The van der Waals surface area contributed by atoms with Gasteiger partial charge < -0.3 is 4.98 Å². The summed E-state index contributed by atoms with van der Waals surface area (Å²) >= 11 is 1.37. The molecule has 4 nitrogen and oxygen atoms in total. The Kier molecular flexibility index (Phi) is 4.37. The van der Waals surface area contributed by atoms with Gasteiger partial charge in [-0.1, -0.05) is 25.1 Å². The van der Waals surface area contributed by atoms with Crippen molar-refractivity contribution >= 4 is 11.8 Å². The van der Waals surface area contributed by atoms with E-state index in [-0.39, 0.29) is 11.1 Å². The second-order valence-electron chi connectivity index (χ2n) is 3.11. The van der Waals surface area contributed by atoms with Crippen LogP contribution in [0.15, 0.2) is 9.95 Å². The number of thioether (sulfide) groups is 1. The SMILES string of the molecule is CCCCc1nc(SC)[nH]c(=O)c1C#N. The molecule has 0 aromatic carbocycles. The van der Waals surface area contributed by atoms with E-state index in [2.05, 4.69) is 16.9 Å². The fraction of sp³-hybridized carbons (Fsp3) is 0.500. The van der Waals surface area contributed by atoms with E-state index in [0.29, 0.717) is 17.3 Å². The topological polar surface area (TPSA) is 69.5 Å². The number of unbranched alkanes of at least 4 members (excludes halogenated alkanes) is 1. The van der Waals surface area contributed by atoms with Gasteiger partial charge >= 0.3 is 0 Å². The number of aromatic nitrogens is 2. The number of rotatable bonds is 4. The van der Waals surface area contributed by atoms with Crippen molar-refractivity contribution in [2.75, 3.05) is 6.26 Å². The first-order valence-corrected chi connectivity index (χ1v) is 6.02. The number of nitrogens with zero attached hydrogens (tertiary/aromatic N) is 2. The summed E-state index contributed by atoms with van der Waals surface area (Å²) in [6, 6.07) is 1.91. The quantitative estimate of drug-likeness (QED) is 0.623. The highest BCUT2D eigenvalue weighted by molar-refractivity contribution is 7.98. The molecule has 5 heteroatoms. The summed E-state index contributed by atoms with van der Waals surface area (Å²) in [5.41, 5.74) is 0.441. The molecule has 1 rings (SSSR count). The van der Waals surface area contributed by atoms with Crippen LogP contribution in [0.5, 0.6) is 0 Å². The van der Waals surface area contributed by atoms with Crippen LogP contribution in [0.3, 0.4) is 0 Å². The van der Waals surface area contributed by atoms with Gasteiger partial charge in [0.15, 0.2) is 5.16 Å². The number of nitrogens with one attached hydrogen (secondary N) is 1. The molecule has 0 bridgehead atoms. The maximum Gasteiger partial charge on any atom is 0.269 e. The zero-order chi connectivity index (χ0) is 11.3. The van der Waals surface area contributed by atoms with Gasteiger partial charge in [-0.3, -0.25) is 4.79 Å². The van der Waals surface area contributed by atoms with Gasteiger partial charge in [0.2, 0.25) is 0 Å². The minimum atomic E-state index is -0.331. The Morgan fingerprint density at radius 2 is 2.33 bits per heavy atom. The van der Waals surface area contributed by atoms with Gasteiger partial charge in [-0.15, -0.1) is 0 Å². The predicted octanol–water partition coefficient (Wildman–Crippen LogP) is 1.71. The van der Waals surface area contributed by atoms with Gasteiger partial charge in [0.05, 0.1) is 5.69 Å². The molecule has 0 aliphatic rings. The smallest absolute Gasteiger partial charge is 0.269 e. The molecular formula is C10H13N3OS. The molecule has 0 spiro atoms. The van der Waals surface area contributed by atoms with Crippen molar-refractivity contribution in [1.82, 2.24) is 9.97 Å². The van der Waals surface area contributed by atoms with Crippen molar-refractivity contribution < 1.29 is 0 Å². The molecule has 1 heterocycles. The first-order valence-electron chi connectivity index (χ1n) is 4.80. The zero-order valence-corrected chi connectivity index (χ0v) is 9.65. The van der Waals surface area contributed by atoms with Crippen LogP contribution >= 0.6 is 11.8 Å². The molecule has 1 N–H and O–H groups in total. The molecular weight excluding hydrogens is 210 g/mol. The zero-order valence-electron chi connectivity index (χ0n) is 8.83. The van der Waals surface area contributed by atoms with E-state index < -0.39 is 0 Å². The number of aryl methyl sites for hydroxylation is 1. The summed E-state index contributed by atoms with van der Waals surface area (Å²) in [7, 11) is 0. The Morgan fingerprint density at radius 1 is 1.60 bits per heavy atom. The Hall–Kier alpha value is -1.28. The Balaban J connectivity index is 3.15. The van der Waals surface area contributed by atoms with Crippen molar-refractivity contribution in [3.8, 4) is 6.07 Å². The van der Waals surface area contributed by atoms with E-state index in [1.54, 1.807) is 0 Å². The molecule has 0 saturated carbocycles. The van der Waals surface area contributed by atoms with Gasteiger partial charge in [-0.05, 0) is 19.1 Å². The largest absolute Gasteiger partial charge is 0.300 e. The van der Waals surface area contributed by atoms with Crippen molar-refractivity contribution in [3.05, 3.63) is 21.6 Å². The second-order valence-corrected chi connectivity index (χ2v) is 3.91. The van der Waals surface area contributed by atoms with E-state index in [1.807, 2.05) is 12.3 Å². The van der Waals surface area contributed by atoms with Crippen molar-refractivity contribution in [1.29, 1.82) is 5.26 Å². The summed E-state index contributed by atoms with van der Waals surface area (Å²) in [4.78, 5) is 18.3. The van der Waals surface area contributed by atoms with E-state index in [9.17, 15) is 4.79 Å². The first-order chi connectivity index (χ1) is 7.22. The monoisotopic (exact) mass is 223 g/mol. The first kappa shape index (κ1) is 11.8. The fourth-order valence-corrected chi connectivity index (χ4v) is 1.63. The molecule has 0 aliphatic carbocycles. The summed E-state index contributed by atoms with van der Waals surface area (Å²) in [5.74, 6) is 0. The minimum absolute atomic E-state index is 0.154. The van der Waals surface area contributed by atoms with Crippen LogP contribution in [0.2, 0.25) is 0 Å². The van der Waals surface area contributed by atoms with Crippen LogP contribution in [-0.4, -0.2) is 16.2 Å². The normalized spacial score (nSPS) is 9.93. The van der Waals surface area contributed by atoms with E-state index in [4.69, 9.17) is 5.26 Å². The van der Waals surface area contributed by atoms with Crippen LogP contribution < -0.4 is 5.56 Å². The standard InChI is InChI=1S/C10H13N3OS/c1-3-4-5-8-7(6-11)9(14)13-10(12-8)15-2/h3-5H2,1-2H3,(H,12,13,14). The van der Waals surface area contributed by atoms with Crippen LogP contribution in [0.25, 0.3) is 0 Å². The number of nitriles is 1. The molecule has 1 aromatic rings. The molecule has 0 fully saturated rings. The van der Waals surface area contributed by atoms with Gasteiger partial charge in [-0.2, -0.15) is 5.26 Å². The third-order valence-corrected chi connectivity index (χ3v) is 2.62. The van der Waals surface area contributed by atoms with E-state index >= 15 is 0 Å². The Morgan fingerprint density at radius 3 is 2.87 bits per heavy atom. The van der Waals surface area contributed by atoms with Crippen LogP contribution in [0, 0.1) is 11.3 Å². The average molecular weight is 223 g/mol. The van der Waals surface area contributed by atoms with Crippen molar-refractivity contribution in [2.45, 2.75) is 31.3 Å². The minimum Gasteiger partial charge on any atom is -0.300 e. The summed E-state index contributed by atoms with van der Waals surface area (Å²) in [6.07, 6.45) is 4.50. The maximum absolute atomic E-state index is 11.5. The highest BCUT2D eigenvalue weighted by Gasteiger charge is 2.09. The third-order valence-electron chi connectivity index (χ3n) is 2.04. The predicted molar refractivity (Wildman–Crippen MR) is 60.0 cm³/mol. The molecule has 80 valence electrons. The lowest BCUT2D eigenvalue weighted by Gasteiger charge is -2.03. The van der Waals surface area contributed by atoms with Crippen LogP contribution in [0.4, 0.5) is 0 Å². The summed E-state index contributed by atoms with van der Waals surface area (Å²) < 4.78 is 0. The van der Waals surface area contributed by atoms with E-state index in [1.165, 1.54) is 11.8 Å². The molecule has 0 saturated heterocycles. The van der Waals surface area contributed by atoms with Crippen LogP contribution in [0.1, 0.15) is 31.0 Å². The third kappa shape index (κ3) is 2.83. The molecule has 0 amide bonds. The lowest BCUT2D eigenvalue weighted by atomic mass is 10.1. The van der Waals surface area contributed by atoms with Crippen molar-refractivity contribution in [2.24, 2.45) is 0 Å². The fourth-order valence-electron chi connectivity index (χ4n) is 1.23. The Bertz CT molecular complexity index is 433. The lowest BCUT2D eigenvalue weighted by Crippen LogP contribution is -2.16. The number of hydrogen-bond donors (Lipinski definition) is 1. The van der Waals surface area contributed by atoms with Gasteiger partial charge in [-0.25, -0.2) is 4.98 Å². The molecule has 0 aliphatic heterocycles. The number of hydrogen-bond acceptors (Lipinski definition) is 4.